The first-order valence-corrected chi connectivity index (χ1v) is 3.28. The van der Waals surface area contributed by atoms with E-state index in [1.54, 1.807) is 0 Å². The molecule has 0 bridgehead atoms. The zero-order valence-electron chi connectivity index (χ0n) is 6.58. The van der Waals surface area contributed by atoms with Gasteiger partial charge in [-0.25, -0.2) is 9.59 Å². The highest BCUT2D eigenvalue weighted by molar-refractivity contribution is 5.85. The van der Waals surface area contributed by atoms with Crippen molar-refractivity contribution in [1.82, 2.24) is 0 Å². The maximum atomic E-state index is 10.4. The topological polar surface area (TPSA) is 63.6 Å². The van der Waals surface area contributed by atoms with Crippen LogP contribution in [-0.2, 0) is 14.3 Å². The van der Waals surface area contributed by atoms with E-state index >= 15 is 0 Å². The van der Waals surface area contributed by atoms with Crippen molar-refractivity contribution in [3.8, 4) is 0 Å². The monoisotopic (exact) mass is 170 g/mol. The van der Waals surface area contributed by atoms with E-state index in [-0.39, 0.29) is 18.6 Å². The molecule has 0 unspecified atom stereocenters. The van der Waals surface area contributed by atoms with Crippen LogP contribution < -0.4 is 0 Å². The Kier molecular flexibility index (Phi) is 4.45. The van der Waals surface area contributed by atoms with Crippen LogP contribution in [0.25, 0.3) is 0 Å². The Bertz CT molecular complexity index is 217. The lowest BCUT2D eigenvalue weighted by Crippen LogP contribution is -2.06. The van der Waals surface area contributed by atoms with Crippen molar-refractivity contribution in [2.24, 2.45) is 0 Å². The molecular weight excluding hydrogens is 160 g/mol. The minimum absolute atomic E-state index is 0.0202. The maximum absolute atomic E-state index is 10.4. The predicted octanol–water partition coefficient (Wildman–Crippen LogP) is 0.746. The fraction of sp³-hybridized carbons (Fsp3) is 0.250. The second-order valence-electron chi connectivity index (χ2n) is 2.03. The Morgan fingerprint density at radius 1 is 1.50 bits per heavy atom. The van der Waals surface area contributed by atoms with Gasteiger partial charge in [0.25, 0.3) is 0 Å². The van der Waals surface area contributed by atoms with Crippen molar-refractivity contribution in [1.29, 1.82) is 0 Å². The van der Waals surface area contributed by atoms with Crippen molar-refractivity contribution < 1.29 is 19.4 Å². The highest BCUT2D eigenvalue weighted by Crippen LogP contribution is 1.97. The zero-order valence-corrected chi connectivity index (χ0v) is 6.58. The molecule has 0 aromatic rings. The molecule has 4 heteroatoms. The Hall–Kier alpha value is -1.58. The molecule has 0 rings (SSSR count). The van der Waals surface area contributed by atoms with Gasteiger partial charge in [-0.1, -0.05) is 13.2 Å². The molecule has 0 radical (unpaired) electrons. The number of aliphatic carboxylic acids is 1. The second-order valence-corrected chi connectivity index (χ2v) is 2.03. The van der Waals surface area contributed by atoms with E-state index in [0.717, 1.165) is 6.08 Å². The van der Waals surface area contributed by atoms with E-state index in [4.69, 9.17) is 5.11 Å². The van der Waals surface area contributed by atoms with Gasteiger partial charge in [0.05, 0.1) is 6.61 Å². The lowest BCUT2D eigenvalue weighted by atomic mass is 10.2. The van der Waals surface area contributed by atoms with Crippen LogP contribution >= 0.6 is 0 Å². The fourth-order valence-corrected chi connectivity index (χ4v) is 0.441. The summed E-state index contributed by atoms with van der Waals surface area (Å²) in [5.41, 5.74) is 0.0202. The van der Waals surface area contributed by atoms with Crippen molar-refractivity contribution in [2.75, 3.05) is 6.61 Å². The van der Waals surface area contributed by atoms with Crippen LogP contribution in [0.4, 0.5) is 0 Å². The van der Waals surface area contributed by atoms with Gasteiger partial charge in [0.15, 0.2) is 0 Å². The summed E-state index contributed by atoms with van der Waals surface area (Å²) < 4.78 is 4.53. The van der Waals surface area contributed by atoms with Crippen molar-refractivity contribution in [2.45, 2.75) is 6.42 Å². The number of esters is 1. The summed E-state index contributed by atoms with van der Waals surface area (Å²) in [5.74, 6) is -1.64. The molecule has 0 aromatic heterocycles. The average Bonchev–Trinajstić information content (AvgIpc) is 2.03. The second kappa shape index (κ2) is 5.12. The number of carbonyl (C=O) groups is 2. The van der Waals surface area contributed by atoms with Crippen molar-refractivity contribution in [3.05, 3.63) is 24.8 Å². The maximum Gasteiger partial charge on any atom is 0.331 e. The molecule has 4 nitrogen and oxygen atoms in total. The van der Waals surface area contributed by atoms with Gasteiger partial charge < -0.3 is 9.84 Å². The molecule has 12 heavy (non-hydrogen) atoms. The minimum Gasteiger partial charge on any atom is -0.478 e. The molecule has 0 atom stereocenters. The molecule has 1 N–H and O–H groups in total. The highest BCUT2D eigenvalue weighted by atomic mass is 16.5. The Labute approximate surface area is 70.1 Å². The van der Waals surface area contributed by atoms with E-state index in [9.17, 15) is 9.59 Å². The lowest BCUT2D eigenvalue weighted by molar-refractivity contribution is -0.139. The molecule has 0 aliphatic carbocycles. The van der Waals surface area contributed by atoms with E-state index in [1.165, 1.54) is 0 Å². The van der Waals surface area contributed by atoms with Crippen LogP contribution in [0.1, 0.15) is 6.42 Å². The van der Waals surface area contributed by atoms with Gasteiger partial charge in [-0.3, -0.25) is 0 Å². The van der Waals surface area contributed by atoms with Crippen LogP contribution in [0.15, 0.2) is 24.8 Å². The van der Waals surface area contributed by atoms with E-state index in [0.29, 0.717) is 0 Å². The number of carbonyl (C=O) groups excluding carboxylic acids is 1. The van der Waals surface area contributed by atoms with E-state index in [2.05, 4.69) is 17.9 Å². The lowest BCUT2D eigenvalue weighted by Gasteiger charge is -2.00. The first-order chi connectivity index (χ1) is 5.57. The standard InChI is InChI=1S/C8H10O4/c1-3-7(9)12-5-4-6(2)8(10)11/h3H,1-2,4-5H2,(H,10,11). The van der Waals surface area contributed by atoms with Crippen molar-refractivity contribution in [3.63, 3.8) is 0 Å². The average molecular weight is 170 g/mol. The third-order valence-corrected chi connectivity index (χ3v) is 1.12. The highest BCUT2D eigenvalue weighted by Gasteiger charge is 2.04. The van der Waals surface area contributed by atoms with Gasteiger partial charge in [-0.15, -0.1) is 0 Å². The number of carboxylic acids is 1. The Balaban J connectivity index is 3.57. The molecule has 0 amide bonds. The SMILES string of the molecule is C=CC(=O)OCCC(=C)C(=O)O. The third kappa shape index (κ3) is 4.27. The smallest absolute Gasteiger partial charge is 0.331 e. The molecule has 0 heterocycles. The molecular formula is C8H10O4. The van der Waals surface area contributed by atoms with Crippen LogP contribution in [-0.4, -0.2) is 23.7 Å². The summed E-state index contributed by atoms with van der Waals surface area (Å²) in [7, 11) is 0. The van der Waals surface area contributed by atoms with Gasteiger partial charge in [-0.05, 0) is 0 Å². The molecule has 0 saturated heterocycles. The van der Waals surface area contributed by atoms with Crippen LogP contribution in [0.3, 0.4) is 0 Å². The molecule has 0 fully saturated rings. The van der Waals surface area contributed by atoms with E-state index in [1.807, 2.05) is 0 Å². The van der Waals surface area contributed by atoms with Crippen LogP contribution in [0, 0.1) is 0 Å². The first-order valence-electron chi connectivity index (χ1n) is 3.28. The van der Waals surface area contributed by atoms with Gasteiger partial charge >= 0.3 is 11.9 Å². The number of rotatable bonds is 5. The first kappa shape index (κ1) is 10.4. The van der Waals surface area contributed by atoms with Crippen molar-refractivity contribution >= 4 is 11.9 Å². The van der Waals surface area contributed by atoms with Gasteiger partial charge in [0, 0.05) is 18.1 Å². The summed E-state index contributed by atoms with van der Waals surface area (Å²) in [6.45, 7) is 6.46. The molecule has 0 aromatic carbocycles. The van der Waals surface area contributed by atoms with Crippen LogP contribution in [0.5, 0.6) is 0 Å². The third-order valence-electron chi connectivity index (χ3n) is 1.12. The van der Waals surface area contributed by atoms with Crippen LogP contribution in [0.2, 0.25) is 0 Å². The minimum atomic E-state index is -1.08. The summed E-state index contributed by atoms with van der Waals surface area (Å²) in [6.07, 6.45) is 1.15. The Morgan fingerprint density at radius 3 is 2.50 bits per heavy atom. The number of hydrogen-bond donors (Lipinski definition) is 1. The number of hydrogen-bond acceptors (Lipinski definition) is 3. The molecule has 0 saturated carbocycles. The van der Waals surface area contributed by atoms with Gasteiger partial charge in [0.2, 0.25) is 0 Å². The quantitative estimate of drug-likeness (QED) is 0.488. The van der Waals surface area contributed by atoms with Gasteiger partial charge in [-0.2, -0.15) is 0 Å². The molecule has 0 aliphatic rings. The molecule has 0 spiro atoms. The zero-order chi connectivity index (χ0) is 9.56. The predicted molar refractivity (Wildman–Crippen MR) is 42.5 cm³/mol. The molecule has 66 valence electrons. The summed E-state index contributed by atoms with van der Waals surface area (Å²) in [4.78, 5) is 20.6. The summed E-state index contributed by atoms with van der Waals surface area (Å²) in [5, 5.41) is 8.34. The largest absolute Gasteiger partial charge is 0.478 e. The summed E-state index contributed by atoms with van der Waals surface area (Å²) in [6, 6.07) is 0. The number of ether oxygens (including phenoxy) is 1. The fourth-order valence-electron chi connectivity index (χ4n) is 0.441. The Morgan fingerprint density at radius 2 is 2.08 bits per heavy atom. The molecule has 0 aliphatic heterocycles. The normalized spacial score (nSPS) is 8.67. The van der Waals surface area contributed by atoms with Gasteiger partial charge in [0.1, 0.15) is 0 Å². The van der Waals surface area contributed by atoms with E-state index < -0.39 is 11.9 Å². The summed E-state index contributed by atoms with van der Waals surface area (Å²) >= 11 is 0. The number of carboxylic acid groups (broad SMARTS) is 1.